The van der Waals surface area contributed by atoms with Gasteiger partial charge in [-0.05, 0) is 31.5 Å². The fourth-order valence-electron chi connectivity index (χ4n) is 2.85. The monoisotopic (exact) mass is 353 g/mol. The van der Waals surface area contributed by atoms with Gasteiger partial charge in [-0.1, -0.05) is 48.0 Å². The molecule has 1 saturated heterocycles. The first kappa shape index (κ1) is 17.4. The Bertz CT molecular complexity index is 801. The fraction of sp³-hybridized carbons (Fsp3) is 0.250. The Balaban J connectivity index is 1.72. The Morgan fingerprint density at radius 3 is 2.36 bits per heavy atom. The van der Waals surface area contributed by atoms with E-state index in [9.17, 15) is 14.4 Å². The van der Waals surface area contributed by atoms with Crippen LogP contribution in [0.1, 0.15) is 24.0 Å². The van der Waals surface area contributed by atoms with Gasteiger partial charge in [-0.15, -0.1) is 11.8 Å². The van der Waals surface area contributed by atoms with Crippen LogP contribution >= 0.6 is 11.8 Å². The minimum absolute atomic E-state index is 0.124. The van der Waals surface area contributed by atoms with Gasteiger partial charge in [-0.2, -0.15) is 0 Å². The van der Waals surface area contributed by atoms with Crippen LogP contribution in [0.25, 0.3) is 0 Å². The second-order valence-corrected chi connectivity index (χ2v) is 7.57. The lowest BCUT2D eigenvalue weighted by Crippen LogP contribution is -2.38. The Kier molecular flexibility index (Phi) is 5.04. The molecule has 2 atom stereocenters. The van der Waals surface area contributed by atoms with Crippen LogP contribution in [0.2, 0.25) is 0 Å². The minimum Gasteiger partial charge on any atom is -0.288 e. The average molecular weight is 353 g/mol. The number of carbonyl (C=O) groups is 3. The molecule has 2 aromatic rings. The molecule has 0 bridgehead atoms. The summed E-state index contributed by atoms with van der Waals surface area (Å²) in [6.07, 6.45) is 0. The van der Waals surface area contributed by atoms with Crippen LogP contribution in [0.4, 0.5) is 0 Å². The van der Waals surface area contributed by atoms with E-state index >= 15 is 0 Å². The summed E-state index contributed by atoms with van der Waals surface area (Å²) in [7, 11) is 0. The van der Waals surface area contributed by atoms with Crippen LogP contribution in [-0.4, -0.2) is 34.3 Å². The van der Waals surface area contributed by atoms with E-state index in [1.165, 1.54) is 11.8 Å². The summed E-state index contributed by atoms with van der Waals surface area (Å²) in [4.78, 5) is 39.3. The second-order valence-electron chi connectivity index (χ2n) is 6.15. The third kappa shape index (κ3) is 3.66. The van der Waals surface area contributed by atoms with Gasteiger partial charge in [0, 0.05) is 11.4 Å². The molecule has 1 aliphatic heterocycles. The van der Waals surface area contributed by atoms with E-state index in [1.54, 1.807) is 6.92 Å². The number of aryl methyl sites for hydroxylation is 1. The molecule has 3 rings (SSSR count). The van der Waals surface area contributed by atoms with Crippen molar-refractivity contribution in [2.45, 2.75) is 29.9 Å². The van der Waals surface area contributed by atoms with Crippen molar-refractivity contribution in [2.24, 2.45) is 0 Å². The van der Waals surface area contributed by atoms with Crippen LogP contribution in [0.3, 0.4) is 0 Å². The van der Waals surface area contributed by atoms with Crippen molar-refractivity contribution in [3.05, 3.63) is 65.7 Å². The molecule has 0 aromatic heterocycles. The third-order valence-corrected chi connectivity index (χ3v) is 5.39. The lowest BCUT2D eigenvalue weighted by molar-refractivity contribution is -0.146. The molecule has 2 amide bonds. The molecule has 2 aromatic carbocycles. The molecular formula is C20H19NO3S. The first-order valence-corrected chi connectivity index (χ1v) is 9.03. The Labute approximate surface area is 151 Å². The minimum atomic E-state index is -0.699. The molecule has 0 saturated carbocycles. The summed E-state index contributed by atoms with van der Waals surface area (Å²) in [6, 6.07) is 17.0. The molecule has 1 aliphatic rings. The molecule has 0 spiro atoms. The van der Waals surface area contributed by atoms with Crippen LogP contribution in [0.5, 0.6) is 0 Å². The van der Waals surface area contributed by atoms with E-state index in [0.717, 1.165) is 20.9 Å². The Morgan fingerprint density at radius 1 is 1.08 bits per heavy atom. The van der Waals surface area contributed by atoms with E-state index in [2.05, 4.69) is 0 Å². The second kappa shape index (κ2) is 7.23. The van der Waals surface area contributed by atoms with Gasteiger partial charge < -0.3 is 0 Å². The number of likely N-dealkylation sites (tertiary alicyclic amines) is 1. The number of carbonyl (C=O) groups excluding carboxylic acids is 3. The van der Waals surface area contributed by atoms with E-state index in [0.29, 0.717) is 0 Å². The molecule has 0 aliphatic carbocycles. The topological polar surface area (TPSA) is 54.5 Å². The van der Waals surface area contributed by atoms with E-state index in [1.807, 2.05) is 61.5 Å². The van der Waals surface area contributed by atoms with Crippen molar-refractivity contribution in [2.75, 3.05) is 6.54 Å². The lowest BCUT2D eigenvalue weighted by atomic mass is 9.97. The highest BCUT2D eigenvalue weighted by Crippen LogP contribution is 2.29. The molecule has 5 heteroatoms. The van der Waals surface area contributed by atoms with Crippen molar-refractivity contribution in [1.29, 1.82) is 0 Å². The maximum Gasteiger partial charge on any atom is 0.297 e. The summed E-state index contributed by atoms with van der Waals surface area (Å²) in [6.45, 7) is 3.89. The quantitative estimate of drug-likeness (QED) is 0.626. The van der Waals surface area contributed by atoms with Gasteiger partial charge in [0.1, 0.15) is 0 Å². The largest absolute Gasteiger partial charge is 0.297 e. The standard InChI is InChI=1S/C20H19NO3S/c1-13-8-10-16(11-9-13)25-14(2)19(23)21-12-17(18(22)20(21)24)15-6-4-3-5-7-15/h3-11,14,17H,12H2,1-2H3/t14-,17-/m0/s1. The number of benzene rings is 2. The normalized spacial score (nSPS) is 18.5. The van der Waals surface area contributed by atoms with Crippen LogP contribution in [0.15, 0.2) is 59.5 Å². The summed E-state index contributed by atoms with van der Waals surface area (Å²) >= 11 is 1.39. The molecule has 0 radical (unpaired) electrons. The molecular weight excluding hydrogens is 334 g/mol. The number of nitrogens with zero attached hydrogens (tertiary/aromatic N) is 1. The number of rotatable bonds is 4. The van der Waals surface area contributed by atoms with Gasteiger partial charge in [0.05, 0.1) is 11.2 Å². The maximum atomic E-state index is 12.7. The molecule has 1 fully saturated rings. The number of hydrogen-bond acceptors (Lipinski definition) is 4. The SMILES string of the molecule is Cc1ccc(S[C@@H](C)C(=O)N2C[C@@H](c3ccccc3)C(=O)C2=O)cc1. The van der Waals surface area contributed by atoms with E-state index in [4.69, 9.17) is 0 Å². The predicted octanol–water partition coefficient (Wildman–Crippen LogP) is 3.20. The first-order valence-electron chi connectivity index (χ1n) is 8.15. The first-order chi connectivity index (χ1) is 12.0. The number of Topliss-reactive ketones (excluding diaryl/α,β-unsaturated/α-hetero) is 1. The number of hydrogen-bond donors (Lipinski definition) is 0. The van der Waals surface area contributed by atoms with E-state index < -0.39 is 22.9 Å². The number of amides is 2. The van der Waals surface area contributed by atoms with Gasteiger partial charge in [-0.25, -0.2) is 0 Å². The van der Waals surface area contributed by atoms with Crippen molar-refractivity contribution in [1.82, 2.24) is 4.90 Å². The maximum absolute atomic E-state index is 12.7. The zero-order valence-corrected chi connectivity index (χ0v) is 15.0. The van der Waals surface area contributed by atoms with Gasteiger partial charge in [-0.3, -0.25) is 19.3 Å². The summed E-state index contributed by atoms with van der Waals surface area (Å²) in [5, 5.41) is -0.436. The molecule has 0 N–H and O–H groups in total. The van der Waals surface area contributed by atoms with Gasteiger partial charge in [0.2, 0.25) is 11.7 Å². The van der Waals surface area contributed by atoms with Crippen molar-refractivity contribution < 1.29 is 14.4 Å². The van der Waals surface area contributed by atoms with Crippen molar-refractivity contribution in [3.63, 3.8) is 0 Å². The number of thioether (sulfide) groups is 1. The summed E-state index contributed by atoms with van der Waals surface area (Å²) in [5.41, 5.74) is 1.92. The molecule has 0 unspecified atom stereocenters. The van der Waals surface area contributed by atoms with Gasteiger partial charge in [0.25, 0.3) is 5.91 Å². The zero-order chi connectivity index (χ0) is 18.0. The Hall–Kier alpha value is -2.40. The van der Waals surface area contributed by atoms with Crippen molar-refractivity contribution >= 4 is 29.4 Å². The zero-order valence-electron chi connectivity index (χ0n) is 14.1. The molecule has 25 heavy (non-hydrogen) atoms. The van der Waals surface area contributed by atoms with Gasteiger partial charge in [0.15, 0.2) is 0 Å². The summed E-state index contributed by atoms with van der Waals surface area (Å²) < 4.78 is 0. The van der Waals surface area contributed by atoms with Gasteiger partial charge >= 0.3 is 0 Å². The van der Waals surface area contributed by atoms with Crippen LogP contribution in [-0.2, 0) is 14.4 Å². The number of imide groups is 1. The van der Waals surface area contributed by atoms with E-state index in [-0.39, 0.29) is 12.5 Å². The molecule has 4 nitrogen and oxygen atoms in total. The third-order valence-electron chi connectivity index (χ3n) is 4.29. The highest BCUT2D eigenvalue weighted by Gasteiger charge is 2.43. The molecule has 128 valence electrons. The van der Waals surface area contributed by atoms with Crippen LogP contribution in [0, 0.1) is 6.92 Å². The number of ketones is 1. The van der Waals surface area contributed by atoms with Crippen LogP contribution < -0.4 is 0 Å². The Morgan fingerprint density at radius 2 is 1.72 bits per heavy atom. The fourth-order valence-corrected chi connectivity index (χ4v) is 3.78. The highest BCUT2D eigenvalue weighted by molar-refractivity contribution is 8.00. The average Bonchev–Trinajstić information content (AvgIpc) is 2.92. The smallest absolute Gasteiger partial charge is 0.288 e. The van der Waals surface area contributed by atoms with Crippen molar-refractivity contribution in [3.8, 4) is 0 Å². The lowest BCUT2D eigenvalue weighted by Gasteiger charge is -2.18. The highest BCUT2D eigenvalue weighted by atomic mass is 32.2. The molecule has 1 heterocycles. The predicted molar refractivity (Wildman–Crippen MR) is 97.4 cm³/mol. The summed E-state index contributed by atoms with van der Waals surface area (Å²) in [5.74, 6) is -2.08.